The summed E-state index contributed by atoms with van der Waals surface area (Å²) in [5.41, 5.74) is 5.70. The van der Waals surface area contributed by atoms with Gasteiger partial charge in [-0.2, -0.15) is 4.98 Å². The van der Waals surface area contributed by atoms with Crippen molar-refractivity contribution in [3.8, 4) is 23.0 Å². The van der Waals surface area contributed by atoms with Gasteiger partial charge in [0.2, 0.25) is 11.7 Å². The molecule has 2 heterocycles. The number of aryl methyl sites for hydroxylation is 3. The van der Waals surface area contributed by atoms with Crippen molar-refractivity contribution in [1.82, 2.24) is 14.7 Å². The molecule has 0 spiro atoms. The third-order valence-electron chi connectivity index (χ3n) is 4.77. The third kappa shape index (κ3) is 4.11. The van der Waals surface area contributed by atoms with E-state index in [-0.39, 0.29) is 12.5 Å². The van der Waals surface area contributed by atoms with Crippen molar-refractivity contribution in [3.05, 3.63) is 77.5 Å². The molecule has 0 saturated heterocycles. The van der Waals surface area contributed by atoms with Crippen LogP contribution in [0.15, 0.2) is 65.3 Å². The van der Waals surface area contributed by atoms with Gasteiger partial charge in [-0.15, -0.1) is 0 Å². The van der Waals surface area contributed by atoms with E-state index in [2.05, 4.69) is 15.5 Å². The minimum atomic E-state index is -0.116. The lowest BCUT2D eigenvalue weighted by molar-refractivity contribution is -0.116. The molecule has 0 bridgehead atoms. The van der Waals surface area contributed by atoms with Crippen LogP contribution < -0.4 is 5.32 Å². The average Bonchev–Trinajstić information content (AvgIpc) is 3.34. The quantitative estimate of drug-likeness (QED) is 0.536. The molecule has 4 rings (SSSR count). The number of nitrogens with zero attached hydrogens (tertiary/aromatic N) is 3. The number of amides is 1. The van der Waals surface area contributed by atoms with E-state index in [1.165, 1.54) is 5.56 Å². The Morgan fingerprint density at radius 3 is 2.59 bits per heavy atom. The van der Waals surface area contributed by atoms with E-state index < -0.39 is 0 Å². The van der Waals surface area contributed by atoms with Crippen LogP contribution in [0, 0.1) is 20.8 Å². The second-order valence-electron chi connectivity index (χ2n) is 7.18. The summed E-state index contributed by atoms with van der Waals surface area (Å²) in [4.78, 5) is 17.1. The highest BCUT2D eigenvalue weighted by Gasteiger charge is 2.16. The fraction of sp³-hybridized carbons (Fsp3) is 0.174. The number of benzene rings is 2. The van der Waals surface area contributed by atoms with Crippen molar-refractivity contribution in [2.24, 2.45) is 0 Å². The van der Waals surface area contributed by atoms with Crippen molar-refractivity contribution in [2.45, 2.75) is 27.3 Å². The lowest BCUT2D eigenvalue weighted by Crippen LogP contribution is -2.19. The highest BCUT2D eigenvalue weighted by atomic mass is 16.5. The smallest absolute Gasteiger partial charge is 0.274 e. The highest BCUT2D eigenvalue weighted by molar-refractivity contribution is 5.91. The monoisotopic (exact) mass is 386 g/mol. The van der Waals surface area contributed by atoms with Crippen LogP contribution >= 0.6 is 0 Å². The number of hydrogen-bond donors (Lipinski definition) is 1. The normalized spacial score (nSPS) is 10.9. The molecule has 1 N–H and O–H groups in total. The lowest BCUT2D eigenvalue weighted by atomic mass is 10.1. The second kappa shape index (κ2) is 7.75. The zero-order valence-corrected chi connectivity index (χ0v) is 16.6. The second-order valence-corrected chi connectivity index (χ2v) is 7.18. The summed E-state index contributed by atoms with van der Waals surface area (Å²) in [6.07, 6.45) is 1.83. The summed E-state index contributed by atoms with van der Waals surface area (Å²) in [6, 6.07) is 17.6. The fourth-order valence-electron chi connectivity index (χ4n) is 3.11. The van der Waals surface area contributed by atoms with Crippen LogP contribution in [-0.4, -0.2) is 20.6 Å². The van der Waals surface area contributed by atoms with Gasteiger partial charge < -0.3 is 14.4 Å². The SMILES string of the molecule is Cc1ccc(-c2noc(-c3cccn3CC(=O)Nc3cc(C)ccc3C)n2)cc1. The van der Waals surface area contributed by atoms with Crippen LogP contribution in [0.3, 0.4) is 0 Å². The first kappa shape index (κ1) is 18.7. The maximum atomic E-state index is 12.6. The van der Waals surface area contributed by atoms with E-state index in [1.54, 1.807) is 4.57 Å². The van der Waals surface area contributed by atoms with E-state index >= 15 is 0 Å². The molecule has 0 unspecified atom stereocenters. The van der Waals surface area contributed by atoms with Gasteiger partial charge in [-0.3, -0.25) is 4.79 Å². The Bertz CT molecular complexity index is 1160. The molecule has 0 aliphatic heterocycles. The first-order valence-corrected chi connectivity index (χ1v) is 9.43. The molecule has 2 aromatic carbocycles. The Hall–Kier alpha value is -3.67. The predicted molar refractivity (Wildman–Crippen MR) is 112 cm³/mol. The molecule has 1 amide bonds. The van der Waals surface area contributed by atoms with Gasteiger partial charge in [-0.1, -0.05) is 47.1 Å². The summed E-state index contributed by atoms with van der Waals surface area (Å²) >= 11 is 0. The van der Waals surface area contributed by atoms with Crippen molar-refractivity contribution >= 4 is 11.6 Å². The molecule has 6 heteroatoms. The van der Waals surface area contributed by atoms with Gasteiger partial charge in [0.25, 0.3) is 5.89 Å². The first-order valence-electron chi connectivity index (χ1n) is 9.43. The van der Waals surface area contributed by atoms with Gasteiger partial charge >= 0.3 is 0 Å². The lowest BCUT2D eigenvalue weighted by Gasteiger charge is -2.11. The van der Waals surface area contributed by atoms with Crippen molar-refractivity contribution in [1.29, 1.82) is 0 Å². The van der Waals surface area contributed by atoms with Crippen molar-refractivity contribution in [2.75, 3.05) is 5.32 Å². The number of hydrogen-bond acceptors (Lipinski definition) is 4. The maximum Gasteiger partial charge on any atom is 0.274 e. The molecule has 6 nitrogen and oxygen atoms in total. The number of nitrogens with one attached hydrogen (secondary N) is 1. The number of rotatable bonds is 5. The number of carbonyl (C=O) groups excluding carboxylic acids is 1. The fourth-order valence-corrected chi connectivity index (χ4v) is 3.11. The van der Waals surface area contributed by atoms with Crippen LogP contribution in [0.1, 0.15) is 16.7 Å². The Balaban J connectivity index is 1.52. The number of carbonyl (C=O) groups is 1. The predicted octanol–water partition coefficient (Wildman–Crippen LogP) is 4.77. The molecule has 0 radical (unpaired) electrons. The minimum Gasteiger partial charge on any atom is -0.334 e. The average molecular weight is 386 g/mol. The van der Waals surface area contributed by atoms with Gasteiger partial charge in [0.1, 0.15) is 12.2 Å². The minimum absolute atomic E-state index is 0.116. The van der Waals surface area contributed by atoms with E-state index in [9.17, 15) is 4.79 Å². The molecule has 0 fully saturated rings. The molecule has 0 saturated carbocycles. The molecule has 2 aromatic heterocycles. The Morgan fingerprint density at radius 2 is 1.79 bits per heavy atom. The Labute approximate surface area is 169 Å². The van der Waals surface area contributed by atoms with Crippen molar-refractivity contribution < 1.29 is 9.32 Å². The molecule has 29 heavy (non-hydrogen) atoms. The van der Waals surface area contributed by atoms with E-state index in [1.807, 2.05) is 81.6 Å². The van der Waals surface area contributed by atoms with Crippen LogP contribution in [0.25, 0.3) is 23.0 Å². The standard InChI is InChI=1S/C23H22N4O2/c1-15-7-10-18(11-8-15)22-25-23(29-26-22)20-5-4-12-27(20)14-21(28)24-19-13-16(2)6-9-17(19)3/h4-13H,14H2,1-3H3,(H,24,28). The zero-order chi connectivity index (χ0) is 20.4. The molecular formula is C23H22N4O2. The maximum absolute atomic E-state index is 12.6. The highest BCUT2D eigenvalue weighted by Crippen LogP contribution is 2.23. The molecule has 0 aliphatic carbocycles. The topological polar surface area (TPSA) is 73.0 Å². The van der Waals surface area contributed by atoms with Gasteiger partial charge in [0.15, 0.2) is 0 Å². The number of aromatic nitrogens is 3. The molecule has 146 valence electrons. The summed E-state index contributed by atoms with van der Waals surface area (Å²) in [7, 11) is 0. The molecule has 0 aliphatic rings. The Morgan fingerprint density at radius 1 is 1.03 bits per heavy atom. The largest absolute Gasteiger partial charge is 0.334 e. The Kier molecular flexibility index (Phi) is 4.99. The molecular weight excluding hydrogens is 364 g/mol. The first-order chi connectivity index (χ1) is 14.0. The van der Waals surface area contributed by atoms with Gasteiger partial charge in [0, 0.05) is 17.4 Å². The van der Waals surface area contributed by atoms with Crippen LogP contribution in [-0.2, 0) is 11.3 Å². The summed E-state index contributed by atoms with van der Waals surface area (Å²) < 4.78 is 7.25. The van der Waals surface area contributed by atoms with Gasteiger partial charge in [0.05, 0.1) is 0 Å². The van der Waals surface area contributed by atoms with Crippen LogP contribution in [0.2, 0.25) is 0 Å². The third-order valence-corrected chi connectivity index (χ3v) is 4.77. The summed E-state index contributed by atoms with van der Waals surface area (Å²) in [6.45, 7) is 6.15. The van der Waals surface area contributed by atoms with Gasteiger partial charge in [-0.05, 0) is 50.1 Å². The summed E-state index contributed by atoms with van der Waals surface area (Å²) in [5, 5.41) is 7.06. The molecule has 4 aromatic rings. The number of anilines is 1. The van der Waals surface area contributed by atoms with E-state index in [0.29, 0.717) is 17.4 Å². The van der Waals surface area contributed by atoms with Crippen LogP contribution in [0.5, 0.6) is 0 Å². The summed E-state index contributed by atoms with van der Waals surface area (Å²) in [5.74, 6) is 0.784. The van der Waals surface area contributed by atoms with E-state index in [4.69, 9.17) is 4.52 Å². The van der Waals surface area contributed by atoms with E-state index in [0.717, 1.165) is 22.4 Å². The van der Waals surface area contributed by atoms with Crippen LogP contribution in [0.4, 0.5) is 5.69 Å². The van der Waals surface area contributed by atoms with Gasteiger partial charge in [-0.25, -0.2) is 0 Å². The van der Waals surface area contributed by atoms with Crippen molar-refractivity contribution in [3.63, 3.8) is 0 Å². The molecule has 0 atom stereocenters. The zero-order valence-electron chi connectivity index (χ0n) is 16.6.